The Bertz CT molecular complexity index is 739. The molecule has 0 aliphatic heterocycles. The van der Waals surface area contributed by atoms with Gasteiger partial charge in [-0.2, -0.15) is 16.9 Å². The second-order valence-corrected chi connectivity index (χ2v) is 7.23. The SMILES string of the molecule is CCN(C(=O)C(SC)C(=O)CSC)c1cn(-c2cccnc2)nc1Cl. The number of aromatic nitrogens is 3. The number of thioether (sulfide) groups is 2. The van der Waals surface area contributed by atoms with Gasteiger partial charge in [0.25, 0.3) is 0 Å². The summed E-state index contributed by atoms with van der Waals surface area (Å²) in [6.45, 7) is 2.23. The minimum atomic E-state index is -0.745. The monoisotopic (exact) mass is 398 g/mol. The molecule has 1 unspecified atom stereocenters. The van der Waals surface area contributed by atoms with Crippen molar-refractivity contribution in [3.05, 3.63) is 35.9 Å². The molecule has 25 heavy (non-hydrogen) atoms. The van der Waals surface area contributed by atoms with Gasteiger partial charge in [0.05, 0.1) is 23.8 Å². The molecule has 9 heteroatoms. The van der Waals surface area contributed by atoms with Crippen molar-refractivity contribution in [1.29, 1.82) is 0 Å². The molecule has 6 nitrogen and oxygen atoms in total. The second kappa shape index (κ2) is 9.26. The molecular formula is C16H19ClN4O2S2. The molecule has 0 aliphatic rings. The molecule has 0 saturated heterocycles. The highest BCUT2D eigenvalue weighted by atomic mass is 35.5. The number of carbonyl (C=O) groups is 2. The number of anilines is 1. The molecule has 1 amide bonds. The number of halogens is 1. The van der Waals surface area contributed by atoms with Gasteiger partial charge >= 0.3 is 0 Å². The number of pyridine rings is 1. The Morgan fingerprint density at radius 3 is 2.72 bits per heavy atom. The fourth-order valence-electron chi connectivity index (χ4n) is 2.32. The lowest BCUT2D eigenvalue weighted by Crippen LogP contribution is -2.42. The third kappa shape index (κ3) is 4.56. The molecular weight excluding hydrogens is 380 g/mol. The van der Waals surface area contributed by atoms with Crippen LogP contribution in [0.1, 0.15) is 6.92 Å². The summed E-state index contributed by atoms with van der Waals surface area (Å²) >= 11 is 8.91. The summed E-state index contributed by atoms with van der Waals surface area (Å²) in [4.78, 5) is 30.7. The Hall–Kier alpha value is -1.51. The molecule has 0 spiro atoms. The van der Waals surface area contributed by atoms with Crippen LogP contribution in [0.3, 0.4) is 0 Å². The maximum atomic E-state index is 12.9. The summed E-state index contributed by atoms with van der Waals surface area (Å²) in [5.74, 6) is -0.0711. The Kier molecular flexibility index (Phi) is 7.34. The Balaban J connectivity index is 2.32. The Labute approximate surface area is 160 Å². The van der Waals surface area contributed by atoms with Crippen molar-refractivity contribution in [3.63, 3.8) is 0 Å². The zero-order chi connectivity index (χ0) is 18.4. The predicted molar refractivity (Wildman–Crippen MR) is 105 cm³/mol. The number of hydrogen-bond donors (Lipinski definition) is 0. The summed E-state index contributed by atoms with van der Waals surface area (Å²) in [6, 6.07) is 3.63. The van der Waals surface area contributed by atoms with Crippen LogP contribution in [-0.4, -0.2) is 56.5 Å². The fourth-order valence-corrected chi connectivity index (χ4v) is 3.78. The average Bonchev–Trinajstić information content (AvgIpc) is 2.99. The standard InChI is InChI=1S/C16H19ClN4O2S2/c1-4-20(16(23)14(25-3)13(22)10-24-2)12-9-21(19-15(12)17)11-6-5-7-18-8-11/h5-9,14H,4,10H2,1-3H3. The second-order valence-electron chi connectivity index (χ2n) is 5.06. The first kappa shape index (κ1) is 19.8. The average molecular weight is 399 g/mol. The maximum Gasteiger partial charge on any atom is 0.247 e. The molecule has 0 bridgehead atoms. The van der Waals surface area contributed by atoms with Crippen LogP contribution in [0.25, 0.3) is 5.69 Å². The smallest absolute Gasteiger partial charge is 0.247 e. The molecule has 1 atom stereocenters. The minimum Gasteiger partial charge on any atom is -0.307 e. The van der Waals surface area contributed by atoms with Crippen LogP contribution >= 0.6 is 35.1 Å². The summed E-state index contributed by atoms with van der Waals surface area (Å²) in [6.07, 6.45) is 8.59. The van der Waals surface area contributed by atoms with E-state index in [1.54, 1.807) is 35.6 Å². The molecule has 2 aromatic heterocycles. The summed E-state index contributed by atoms with van der Waals surface area (Å²) in [7, 11) is 0. The van der Waals surface area contributed by atoms with Crippen molar-refractivity contribution in [3.8, 4) is 5.69 Å². The highest BCUT2D eigenvalue weighted by molar-refractivity contribution is 8.01. The van der Waals surface area contributed by atoms with E-state index in [4.69, 9.17) is 11.6 Å². The number of nitrogens with zero attached hydrogens (tertiary/aromatic N) is 4. The number of rotatable bonds is 8. The van der Waals surface area contributed by atoms with Crippen molar-refractivity contribution >= 4 is 52.5 Å². The Morgan fingerprint density at radius 2 is 2.16 bits per heavy atom. The van der Waals surface area contributed by atoms with Gasteiger partial charge in [-0.1, -0.05) is 11.6 Å². The van der Waals surface area contributed by atoms with Gasteiger partial charge < -0.3 is 4.90 Å². The normalized spacial score (nSPS) is 12.0. The van der Waals surface area contributed by atoms with Crippen molar-refractivity contribution in [2.24, 2.45) is 0 Å². The predicted octanol–water partition coefficient (Wildman–Crippen LogP) is 2.94. The molecule has 0 N–H and O–H groups in total. The summed E-state index contributed by atoms with van der Waals surface area (Å²) in [5.41, 5.74) is 1.22. The summed E-state index contributed by atoms with van der Waals surface area (Å²) < 4.78 is 1.57. The van der Waals surface area contributed by atoms with Crippen LogP contribution in [0.5, 0.6) is 0 Å². The van der Waals surface area contributed by atoms with E-state index in [1.165, 1.54) is 28.4 Å². The lowest BCUT2D eigenvalue weighted by atomic mass is 10.2. The fraction of sp³-hybridized carbons (Fsp3) is 0.375. The first-order chi connectivity index (χ1) is 12.0. The molecule has 2 aromatic rings. The molecule has 0 aromatic carbocycles. The van der Waals surface area contributed by atoms with Crippen molar-refractivity contribution in [1.82, 2.24) is 14.8 Å². The van der Waals surface area contributed by atoms with Crippen LogP contribution in [-0.2, 0) is 9.59 Å². The third-order valence-corrected chi connectivity index (χ3v) is 5.25. The zero-order valence-corrected chi connectivity index (χ0v) is 16.6. The van der Waals surface area contributed by atoms with Crippen LogP contribution in [0.2, 0.25) is 5.15 Å². The molecule has 2 heterocycles. The van der Waals surface area contributed by atoms with Crippen molar-refractivity contribution in [2.75, 3.05) is 29.7 Å². The van der Waals surface area contributed by atoms with E-state index in [1.807, 2.05) is 19.2 Å². The van der Waals surface area contributed by atoms with Crippen LogP contribution in [0.4, 0.5) is 5.69 Å². The Morgan fingerprint density at radius 1 is 1.40 bits per heavy atom. The van der Waals surface area contributed by atoms with Crippen LogP contribution in [0, 0.1) is 0 Å². The zero-order valence-electron chi connectivity index (χ0n) is 14.2. The van der Waals surface area contributed by atoms with Gasteiger partial charge in [-0.3, -0.25) is 14.6 Å². The van der Waals surface area contributed by atoms with Crippen LogP contribution in [0.15, 0.2) is 30.7 Å². The number of amides is 1. The van der Waals surface area contributed by atoms with Gasteiger partial charge in [0.1, 0.15) is 10.9 Å². The molecule has 134 valence electrons. The van der Waals surface area contributed by atoms with E-state index < -0.39 is 5.25 Å². The highest BCUT2D eigenvalue weighted by Crippen LogP contribution is 2.28. The lowest BCUT2D eigenvalue weighted by molar-refractivity contribution is -0.124. The van der Waals surface area contributed by atoms with Crippen molar-refractivity contribution in [2.45, 2.75) is 12.2 Å². The minimum absolute atomic E-state index is 0.0979. The van der Waals surface area contributed by atoms with Gasteiger partial charge in [-0.15, -0.1) is 11.8 Å². The number of ketones is 1. The topological polar surface area (TPSA) is 68.1 Å². The highest BCUT2D eigenvalue weighted by Gasteiger charge is 2.31. The molecule has 0 radical (unpaired) electrons. The van der Waals surface area contributed by atoms with E-state index in [2.05, 4.69) is 10.1 Å². The molecule has 0 fully saturated rings. The summed E-state index contributed by atoms with van der Waals surface area (Å²) in [5, 5.41) is 3.71. The maximum absolute atomic E-state index is 12.9. The number of hydrogen-bond acceptors (Lipinski definition) is 6. The molecule has 0 aliphatic carbocycles. The quantitative estimate of drug-likeness (QED) is 0.637. The number of Topliss-reactive ketones (excluding diaryl/α,β-unsaturated/α-hetero) is 1. The first-order valence-electron chi connectivity index (χ1n) is 7.54. The van der Waals surface area contributed by atoms with E-state index in [0.717, 1.165) is 5.69 Å². The third-order valence-electron chi connectivity index (χ3n) is 3.47. The van der Waals surface area contributed by atoms with Gasteiger partial charge in [0.15, 0.2) is 10.9 Å². The van der Waals surface area contributed by atoms with Gasteiger partial charge in [0.2, 0.25) is 5.91 Å². The van der Waals surface area contributed by atoms with Crippen LogP contribution < -0.4 is 4.90 Å². The largest absolute Gasteiger partial charge is 0.307 e. The van der Waals surface area contributed by atoms with E-state index in [-0.39, 0.29) is 16.8 Å². The van der Waals surface area contributed by atoms with Gasteiger partial charge in [-0.25, -0.2) is 4.68 Å². The van der Waals surface area contributed by atoms with Crippen molar-refractivity contribution < 1.29 is 9.59 Å². The van der Waals surface area contributed by atoms with Gasteiger partial charge in [-0.05, 0) is 31.6 Å². The first-order valence-corrected chi connectivity index (χ1v) is 10.6. The van der Waals surface area contributed by atoms with Gasteiger partial charge in [0, 0.05) is 12.7 Å². The number of carbonyl (C=O) groups excluding carboxylic acids is 2. The van der Waals surface area contributed by atoms with E-state index in [0.29, 0.717) is 18.0 Å². The molecule has 0 saturated carbocycles. The molecule has 2 rings (SSSR count). The lowest BCUT2D eigenvalue weighted by Gasteiger charge is -2.23. The van der Waals surface area contributed by atoms with E-state index >= 15 is 0 Å². The van der Waals surface area contributed by atoms with E-state index in [9.17, 15) is 9.59 Å².